The fourth-order valence-corrected chi connectivity index (χ4v) is 2.41. The van der Waals surface area contributed by atoms with Crippen molar-refractivity contribution in [1.29, 1.82) is 5.26 Å². The van der Waals surface area contributed by atoms with E-state index in [1.165, 1.54) is 12.1 Å². The standard InChI is InChI=1S/C19H14F3N5O2/c20-19(21,22)12-6-8-13(9-7-12)25-15-5-2-1-4-14(15)17-26-27-18(29-17)16(28)24-11-3-10-23/h1-2,4-9,25H,3,11H2,(H,24,28). The molecule has 0 aliphatic carbocycles. The molecule has 2 aromatic carbocycles. The molecule has 7 nitrogen and oxygen atoms in total. The Balaban J connectivity index is 1.79. The van der Waals surface area contributed by atoms with E-state index in [9.17, 15) is 18.0 Å². The van der Waals surface area contributed by atoms with Gasteiger partial charge >= 0.3 is 18.0 Å². The molecule has 1 amide bonds. The SMILES string of the molecule is N#CCCNC(=O)c1nnc(-c2ccccc2Nc2ccc(C(F)(F)F)cc2)o1. The van der Waals surface area contributed by atoms with Crippen LogP contribution in [0.3, 0.4) is 0 Å². The van der Waals surface area contributed by atoms with Gasteiger partial charge in [0.15, 0.2) is 0 Å². The van der Waals surface area contributed by atoms with Crippen LogP contribution in [0.2, 0.25) is 0 Å². The van der Waals surface area contributed by atoms with Crippen LogP contribution in [0.15, 0.2) is 52.9 Å². The third kappa shape index (κ3) is 4.90. The number of halogens is 3. The molecule has 0 unspecified atom stereocenters. The van der Waals surface area contributed by atoms with Crippen LogP contribution in [0.5, 0.6) is 0 Å². The van der Waals surface area contributed by atoms with Crippen LogP contribution in [0.1, 0.15) is 22.7 Å². The highest BCUT2D eigenvalue weighted by Gasteiger charge is 2.30. The second kappa shape index (κ2) is 8.43. The van der Waals surface area contributed by atoms with Gasteiger partial charge in [-0.1, -0.05) is 12.1 Å². The monoisotopic (exact) mass is 401 g/mol. The Morgan fingerprint density at radius 3 is 2.52 bits per heavy atom. The third-order valence-corrected chi connectivity index (χ3v) is 3.79. The lowest BCUT2D eigenvalue weighted by molar-refractivity contribution is -0.137. The number of benzene rings is 2. The van der Waals surface area contributed by atoms with Gasteiger partial charge in [-0.15, -0.1) is 10.2 Å². The third-order valence-electron chi connectivity index (χ3n) is 3.79. The number of amides is 1. The molecule has 148 valence electrons. The largest absolute Gasteiger partial charge is 0.416 e. The Hall–Kier alpha value is -3.87. The number of carbonyl (C=O) groups excluding carboxylic acids is 1. The van der Waals surface area contributed by atoms with Gasteiger partial charge in [0.25, 0.3) is 0 Å². The maximum absolute atomic E-state index is 12.7. The molecule has 10 heteroatoms. The van der Waals surface area contributed by atoms with Crippen molar-refractivity contribution in [3.63, 3.8) is 0 Å². The topological polar surface area (TPSA) is 104 Å². The first-order chi connectivity index (χ1) is 13.9. The number of carbonyl (C=O) groups is 1. The van der Waals surface area contributed by atoms with E-state index in [1.807, 2.05) is 6.07 Å². The first kappa shape index (κ1) is 19.9. The fourth-order valence-electron chi connectivity index (χ4n) is 2.41. The molecule has 0 spiro atoms. The van der Waals surface area contributed by atoms with E-state index >= 15 is 0 Å². The summed E-state index contributed by atoms with van der Waals surface area (Å²) < 4.78 is 43.5. The number of aromatic nitrogens is 2. The Morgan fingerprint density at radius 2 is 1.83 bits per heavy atom. The molecule has 0 atom stereocenters. The van der Waals surface area contributed by atoms with E-state index in [-0.39, 0.29) is 24.7 Å². The van der Waals surface area contributed by atoms with Crippen molar-refractivity contribution < 1.29 is 22.4 Å². The van der Waals surface area contributed by atoms with Crippen molar-refractivity contribution in [2.24, 2.45) is 0 Å². The number of hydrogen-bond acceptors (Lipinski definition) is 6. The van der Waals surface area contributed by atoms with Gasteiger partial charge in [0, 0.05) is 12.2 Å². The van der Waals surface area contributed by atoms with Gasteiger partial charge in [-0.3, -0.25) is 4.79 Å². The van der Waals surface area contributed by atoms with Gasteiger partial charge < -0.3 is 15.1 Å². The summed E-state index contributed by atoms with van der Waals surface area (Å²) in [5, 5.41) is 21.5. The van der Waals surface area contributed by atoms with E-state index in [0.717, 1.165) is 12.1 Å². The zero-order valence-electron chi connectivity index (χ0n) is 14.8. The van der Waals surface area contributed by atoms with Crippen molar-refractivity contribution >= 4 is 17.3 Å². The van der Waals surface area contributed by atoms with Gasteiger partial charge in [0.05, 0.1) is 29.3 Å². The number of rotatable bonds is 6. The number of alkyl halides is 3. The summed E-state index contributed by atoms with van der Waals surface area (Å²) in [4.78, 5) is 11.9. The first-order valence-electron chi connectivity index (χ1n) is 8.41. The van der Waals surface area contributed by atoms with Crippen molar-refractivity contribution in [2.45, 2.75) is 12.6 Å². The van der Waals surface area contributed by atoms with Crippen LogP contribution in [-0.4, -0.2) is 22.6 Å². The van der Waals surface area contributed by atoms with Crippen LogP contribution >= 0.6 is 0 Å². The Bertz CT molecular complexity index is 1040. The molecule has 29 heavy (non-hydrogen) atoms. The summed E-state index contributed by atoms with van der Waals surface area (Å²) in [6.45, 7) is 0.152. The van der Waals surface area contributed by atoms with E-state index in [1.54, 1.807) is 24.3 Å². The number of nitriles is 1. The van der Waals surface area contributed by atoms with Crippen LogP contribution < -0.4 is 10.6 Å². The number of nitrogens with zero attached hydrogens (tertiary/aromatic N) is 3. The molecule has 0 bridgehead atoms. The van der Waals surface area contributed by atoms with Crippen molar-refractivity contribution in [1.82, 2.24) is 15.5 Å². The summed E-state index contributed by atoms with van der Waals surface area (Å²) >= 11 is 0. The molecule has 0 radical (unpaired) electrons. The fraction of sp³-hybridized carbons (Fsp3) is 0.158. The molecule has 0 saturated heterocycles. The normalized spacial score (nSPS) is 11.0. The highest BCUT2D eigenvalue weighted by molar-refractivity contribution is 5.90. The van der Waals surface area contributed by atoms with Crippen molar-refractivity contribution in [2.75, 3.05) is 11.9 Å². The molecule has 1 heterocycles. The highest BCUT2D eigenvalue weighted by Crippen LogP contribution is 2.32. The lowest BCUT2D eigenvalue weighted by atomic mass is 10.1. The number of nitrogens with one attached hydrogen (secondary N) is 2. The summed E-state index contributed by atoms with van der Waals surface area (Å²) in [7, 11) is 0. The highest BCUT2D eigenvalue weighted by atomic mass is 19.4. The summed E-state index contributed by atoms with van der Waals surface area (Å²) in [6, 6.07) is 13.2. The molecule has 0 aliphatic heterocycles. The molecule has 2 N–H and O–H groups in total. The van der Waals surface area contributed by atoms with Crippen molar-refractivity contribution in [3.8, 4) is 17.5 Å². The predicted octanol–water partition coefficient (Wildman–Crippen LogP) is 4.14. The number of anilines is 2. The summed E-state index contributed by atoms with van der Waals surface area (Å²) in [6.07, 6.45) is -4.27. The van der Waals surface area contributed by atoms with Gasteiger partial charge in [-0.05, 0) is 36.4 Å². The maximum Gasteiger partial charge on any atom is 0.416 e. The van der Waals surface area contributed by atoms with Crippen molar-refractivity contribution in [3.05, 3.63) is 60.0 Å². The van der Waals surface area contributed by atoms with E-state index in [4.69, 9.17) is 9.68 Å². The van der Waals surface area contributed by atoms with Gasteiger partial charge in [0.1, 0.15) is 0 Å². The number of hydrogen-bond donors (Lipinski definition) is 2. The first-order valence-corrected chi connectivity index (χ1v) is 8.41. The van der Waals surface area contributed by atoms with Crippen LogP contribution in [0.25, 0.3) is 11.5 Å². The molecule has 3 aromatic rings. The van der Waals surface area contributed by atoms with E-state index in [2.05, 4.69) is 20.8 Å². The average molecular weight is 401 g/mol. The molecule has 0 aliphatic rings. The van der Waals surface area contributed by atoms with Crippen LogP contribution in [-0.2, 0) is 6.18 Å². The van der Waals surface area contributed by atoms with Gasteiger partial charge in [-0.25, -0.2) is 0 Å². The molecular weight excluding hydrogens is 387 g/mol. The Kier molecular flexibility index (Phi) is 5.78. The smallest absolute Gasteiger partial charge is 0.412 e. The quantitative estimate of drug-likeness (QED) is 0.602. The Morgan fingerprint density at radius 1 is 1.10 bits per heavy atom. The van der Waals surface area contributed by atoms with E-state index < -0.39 is 17.6 Å². The number of para-hydroxylation sites is 1. The molecule has 0 fully saturated rings. The Labute approximate surface area is 163 Å². The zero-order valence-corrected chi connectivity index (χ0v) is 14.8. The predicted molar refractivity (Wildman–Crippen MR) is 97.0 cm³/mol. The lowest BCUT2D eigenvalue weighted by Crippen LogP contribution is -2.24. The summed E-state index contributed by atoms with van der Waals surface area (Å²) in [5.41, 5.74) is 0.656. The molecular formula is C19H14F3N5O2. The average Bonchev–Trinajstić information content (AvgIpc) is 3.18. The maximum atomic E-state index is 12.7. The molecule has 3 rings (SSSR count). The van der Waals surface area contributed by atoms with Crippen LogP contribution in [0, 0.1) is 11.3 Å². The van der Waals surface area contributed by atoms with Gasteiger partial charge in [-0.2, -0.15) is 18.4 Å². The minimum absolute atomic E-state index is 0.0606. The zero-order chi connectivity index (χ0) is 20.9. The summed E-state index contributed by atoms with van der Waals surface area (Å²) in [5.74, 6) is -0.806. The molecule has 1 aromatic heterocycles. The minimum Gasteiger partial charge on any atom is -0.412 e. The lowest BCUT2D eigenvalue weighted by Gasteiger charge is -2.11. The van der Waals surface area contributed by atoms with E-state index in [0.29, 0.717) is 16.9 Å². The molecule has 0 saturated carbocycles. The van der Waals surface area contributed by atoms with Crippen LogP contribution in [0.4, 0.5) is 24.5 Å². The second-order valence-corrected chi connectivity index (χ2v) is 5.82. The second-order valence-electron chi connectivity index (χ2n) is 5.82. The minimum atomic E-state index is -4.41. The van der Waals surface area contributed by atoms with Gasteiger partial charge in [0.2, 0.25) is 5.89 Å².